The summed E-state index contributed by atoms with van der Waals surface area (Å²) in [6, 6.07) is 12.1. The fourth-order valence-corrected chi connectivity index (χ4v) is 4.56. The molecule has 0 atom stereocenters. The van der Waals surface area contributed by atoms with Gasteiger partial charge in [-0.2, -0.15) is 4.31 Å². The van der Waals surface area contributed by atoms with E-state index in [-0.39, 0.29) is 17.3 Å². The van der Waals surface area contributed by atoms with Crippen LogP contribution in [-0.2, 0) is 24.4 Å². The Labute approximate surface area is 181 Å². The minimum absolute atomic E-state index is 0.0743. The Morgan fingerprint density at radius 3 is 2.48 bits per heavy atom. The Morgan fingerprint density at radius 1 is 1.00 bits per heavy atom. The number of nitrogens with zero attached hydrogens (tertiary/aromatic N) is 2. The minimum atomic E-state index is -3.89. The highest BCUT2D eigenvalue weighted by Crippen LogP contribution is 2.21. The van der Waals surface area contributed by atoms with Gasteiger partial charge < -0.3 is 4.90 Å². The summed E-state index contributed by atoms with van der Waals surface area (Å²) in [5.74, 6) is -1.31. The zero-order valence-electron chi connectivity index (χ0n) is 17.3. The Morgan fingerprint density at radius 2 is 1.71 bits per heavy atom. The number of hydrogen-bond donors (Lipinski definition) is 2. The average Bonchev–Trinajstić information content (AvgIpc) is 2.96. The van der Waals surface area contributed by atoms with E-state index in [0.29, 0.717) is 13.0 Å². The van der Waals surface area contributed by atoms with Gasteiger partial charge in [-0.05, 0) is 35.7 Å². The molecule has 2 aromatic rings. The summed E-state index contributed by atoms with van der Waals surface area (Å²) >= 11 is 0. The Kier molecular flexibility index (Phi) is 7.24. The van der Waals surface area contributed by atoms with E-state index in [1.807, 2.05) is 24.3 Å². The molecule has 0 saturated carbocycles. The van der Waals surface area contributed by atoms with Crippen molar-refractivity contribution in [3.05, 3.63) is 42.5 Å². The van der Waals surface area contributed by atoms with Crippen molar-refractivity contribution in [1.29, 1.82) is 0 Å². The van der Waals surface area contributed by atoms with Crippen molar-refractivity contribution in [3.8, 4) is 0 Å². The number of benzene rings is 2. The van der Waals surface area contributed by atoms with Gasteiger partial charge in [0.05, 0.1) is 11.4 Å². The largest absolute Gasteiger partial charge is 0.333 e. The number of nitrogens with one attached hydrogen (secondary N) is 2. The van der Waals surface area contributed by atoms with Crippen molar-refractivity contribution < 1.29 is 22.8 Å². The maximum atomic E-state index is 12.8. The molecule has 3 rings (SSSR count). The van der Waals surface area contributed by atoms with Crippen LogP contribution in [0, 0.1) is 0 Å². The van der Waals surface area contributed by atoms with Gasteiger partial charge in [-0.15, -0.1) is 0 Å². The summed E-state index contributed by atoms with van der Waals surface area (Å²) in [6.07, 6.45) is 3.00. The first-order valence-corrected chi connectivity index (χ1v) is 11.5. The molecule has 0 unspecified atom stereocenters. The summed E-state index contributed by atoms with van der Waals surface area (Å²) in [5, 5.41) is 1.68. The van der Waals surface area contributed by atoms with E-state index in [9.17, 15) is 22.8 Å². The van der Waals surface area contributed by atoms with Gasteiger partial charge in [0, 0.05) is 20.0 Å². The summed E-state index contributed by atoms with van der Waals surface area (Å²) < 4.78 is 26.5. The van der Waals surface area contributed by atoms with E-state index >= 15 is 0 Å². The summed E-state index contributed by atoms with van der Waals surface area (Å²) in [6.45, 7) is -0.116. The number of fused-ring (bicyclic) bond motifs is 1. The van der Waals surface area contributed by atoms with Crippen LogP contribution in [0.1, 0.15) is 25.7 Å². The second-order valence-electron chi connectivity index (χ2n) is 7.49. The molecule has 3 amide bonds. The molecule has 0 bridgehead atoms. The topological polar surface area (TPSA) is 116 Å². The minimum Gasteiger partial charge on any atom is -0.333 e. The number of sulfonamides is 1. The third-order valence-corrected chi connectivity index (χ3v) is 6.94. The number of rotatable bonds is 6. The van der Waals surface area contributed by atoms with Gasteiger partial charge in [0.25, 0.3) is 11.8 Å². The number of carbonyl (C=O) groups excluding carboxylic acids is 3. The SMILES string of the molecule is CN(CC(=O)NNC(=O)CN1CCCCCC1=O)S(=O)(=O)c1ccc2ccccc2c1. The van der Waals surface area contributed by atoms with Gasteiger partial charge in [0.2, 0.25) is 15.9 Å². The average molecular weight is 447 g/mol. The molecular weight excluding hydrogens is 420 g/mol. The highest BCUT2D eigenvalue weighted by molar-refractivity contribution is 7.89. The van der Waals surface area contributed by atoms with Crippen molar-refractivity contribution >= 4 is 38.5 Å². The second kappa shape index (κ2) is 9.88. The fraction of sp³-hybridized carbons (Fsp3) is 0.381. The smallest absolute Gasteiger partial charge is 0.257 e. The predicted octanol–water partition coefficient (Wildman–Crippen LogP) is 1.01. The first-order valence-electron chi connectivity index (χ1n) is 10.1. The Hall–Kier alpha value is -2.98. The molecule has 2 aromatic carbocycles. The molecule has 10 heteroatoms. The normalized spacial score (nSPS) is 15.0. The van der Waals surface area contributed by atoms with Crippen molar-refractivity contribution in [1.82, 2.24) is 20.1 Å². The van der Waals surface area contributed by atoms with E-state index in [1.165, 1.54) is 18.0 Å². The van der Waals surface area contributed by atoms with Crippen LogP contribution in [0.15, 0.2) is 47.4 Å². The maximum absolute atomic E-state index is 12.8. The molecule has 166 valence electrons. The molecule has 31 heavy (non-hydrogen) atoms. The number of likely N-dealkylation sites (N-methyl/N-ethyl adjacent to an activating group) is 1. The summed E-state index contributed by atoms with van der Waals surface area (Å²) in [4.78, 5) is 37.7. The van der Waals surface area contributed by atoms with Crippen molar-refractivity contribution in [3.63, 3.8) is 0 Å². The molecule has 1 fully saturated rings. The lowest BCUT2D eigenvalue weighted by Gasteiger charge is -2.20. The van der Waals surface area contributed by atoms with Crippen LogP contribution in [0.3, 0.4) is 0 Å². The summed E-state index contributed by atoms with van der Waals surface area (Å²) in [5.41, 5.74) is 4.44. The number of amides is 3. The van der Waals surface area contributed by atoms with Gasteiger partial charge in [0.1, 0.15) is 6.54 Å². The van der Waals surface area contributed by atoms with Gasteiger partial charge in [0.15, 0.2) is 0 Å². The van der Waals surface area contributed by atoms with Crippen LogP contribution in [0.25, 0.3) is 10.8 Å². The number of likely N-dealkylation sites (tertiary alicyclic amines) is 1. The molecular formula is C21H26N4O5S. The van der Waals surface area contributed by atoms with Gasteiger partial charge in [-0.3, -0.25) is 25.2 Å². The van der Waals surface area contributed by atoms with Crippen molar-refractivity contribution in [2.24, 2.45) is 0 Å². The van der Waals surface area contributed by atoms with Crippen molar-refractivity contribution in [2.75, 3.05) is 26.7 Å². The van der Waals surface area contributed by atoms with Crippen LogP contribution in [0.2, 0.25) is 0 Å². The first-order chi connectivity index (χ1) is 14.8. The van der Waals surface area contributed by atoms with E-state index in [1.54, 1.807) is 12.1 Å². The lowest BCUT2D eigenvalue weighted by atomic mass is 10.1. The quantitative estimate of drug-likeness (QED) is 0.643. The molecule has 0 spiro atoms. The standard InChI is InChI=1S/C21H26N4O5S/c1-24(31(29,30)18-11-10-16-7-4-5-8-17(16)13-18)14-19(26)22-23-20(27)15-25-12-6-2-3-9-21(25)28/h4-5,7-8,10-11,13H,2-3,6,9,12,14-15H2,1H3,(H,22,26)(H,23,27). The lowest BCUT2D eigenvalue weighted by Crippen LogP contribution is -2.50. The fourth-order valence-electron chi connectivity index (χ4n) is 3.39. The molecule has 0 aliphatic carbocycles. The molecule has 0 radical (unpaired) electrons. The third-order valence-electron chi connectivity index (χ3n) is 5.14. The van der Waals surface area contributed by atoms with Gasteiger partial charge in [-0.25, -0.2) is 8.42 Å². The number of hydrogen-bond acceptors (Lipinski definition) is 5. The van der Waals surface area contributed by atoms with Crippen LogP contribution < -0.4 is 10.9 Å². The van der Waals surface area contributed by atoms with E-state index in [4.69, 9.17) is 0 Å². The highest BCUT2D eigenvalue weighted by Gasteiger charge is 2.24. The van der Waals surface area contributed by atoms with E-state index in [0.717, 1.165) is 34.3 Å². The zero-order valence-corrected chi connectivity index (χ0v) is 18.2. The van der Waals surface area contributed by atoms with Crippen LogP contribution in [-0.4, -0.2) is 62.0 Å². The van der Waals surface area contributed by atoms with Crippen molar-refractivity contribution in [2.45, 2.75) is 30.6 Å². The van der Waals surface area contributed by atoms with Crippen LogP contribution >= 0.6 is 0 Å². The second-order valence-corrected chi connectivity index (χ2v) is 9.54. The van der Waals surface area contributed by atoms with E-state index < -0.39 is 28.4 Å². The monoisotopic (exact) mass is 446 g/mol. The molecule has 0 aromatic heterocycles. The molecule has 1 aliphatic heterocycles. The van der Waals surface area contributed by atoms with Crippen LogP contribution in [0.5, 0.6) is 0 Å². The Bertz CT molecular complexity index is 1090. The summed E-state index contributed by atoms with van der Waals surface area (Å²) in [7, 11) is -2.60. The highest BCUT2D eigenvalue weighted by atomic mass is 32.2. The molecule has 9 nitrogen and oxygen atoms in total. The molecule has 1 heterocycles. The molecule has 1 saturated heterocycles. The molecule has 2 N–H and O–H groups in total. The van der Waals surface area contributed by atoms with Crippen LogP contribution in [0.4, 0.5) is 0 Å². The third kappa shape index (κ3) is 5.80. The first kappa shape index (κ1) is 22.7. The molecule has 1 aliphatic rings. The Balaban J connectivity index is 1.54. The number of carbonyl (C=O) groups is 3. The van der Waals surface area contributed by atoms with Gasteiger partial charge in [-0.1, -0.05) is 36.8 Å². The van der Waals surface area contributed by atoms with Gasteiger partial charge >= 0.3 is 0 Å². The lowest BCUT2D eigenvalue weighted by molar-refractivity contribution is -0.136. The number of hydrazine groups is 1. The zero-order chi connectivity index (χ0) is 22.4. The van der Waals surface area contributed by atoms with E-state index in [2.05, 4.69) is 10.9 Å². The predicted molar refractivity (Wildman–Crippen MR) is 115 cm³/mol. The maximum Gasteiger partial charge on any atom is 0.257 e.